The molecule has 0 atom stereocenters. The van der Waals surface area contributed by atoms with Crippen molar-refractivity contribution in [2.24, 2.45) is 0 Å². The molecule has 156 valence electrons. The average Bonchev–Trinajstić information content (AvgIpc) is 2.77. The highest BCUT2D eigenvalue weighted by atomic mass is 19.1. The average molecular weight is 413 g/mol. The number of benzene rings is 3. The molecular weight excluding hydrogens is 386 g/mol. The second-order valence-corrected chi connectivity index (χ2v) is 7.55. The van der Waals surface area contributed by atoms with Crippen molar-refractivity contribution in [3.63, 3.8) is 0 Å². The third kappa shape index (κ3) is 6.56. The van der Waals surface area contributed by atoms with Crippen LogP contribution in [0.1, 0.15) is 66.5 Å². The van der Waals surface area contributed by atoms with E-state index < -0.39 is 0 Å². The molecule has 0 bridgehead atoms. The second-order valence-electron chi connectivity index (χ2n) is 7.55. The molecule has 0 amide bonds. The van der Waals surface area contributed by atoms with Crippen molar-refractivity contribution in [1.82, 2.24) is 0 Å². The highest BCUT2D eigenvalue weighted by molar-refractivity contribution is 5.48. The van der Waals surface area contributed by atoms with Gasteiger partial charge in [0.25, 0.3) is 0 Å². The number of rotatable bonds is 5. The molecule has 0 fully saturated rings. The van der Waals surface area contributed by atoms with Crippen LogP contribution >= 0.6 is 0 Å². The predicted molar refractivity (Wildman–Crippen MR) is 124 cm³/mol. The molecule has 3 rings (SSSR count). The summed E-state index contributed by atoms with van der Waals surface area (Å²) in [5, 5.41) is 0. The quantitative estimate of drug-likeness (QED) is 0.394. The molecule has 0 heterocycles. The zero-order valence-corrected chi connectivity index (χ0v) is 18.1. The molecule has 0 spiro atoms. The van der Waals surface area contributed by atoms with E-state index in [1.165, 1.54) is 6.07 Å². The molecule has 0 radical (unpaired) electrons. The van der Waals surface area contributed by atoms with Crippen LogP contribution in [-0.2, 0) is 12.8 Å². The van der Waals surface area contributed by atoms with E-state index in [-0.39, 0.29) is 11.6 Å². The maximum absolute atomic E-state index is 14.2. The Labute approximate surface area is 184 Å². The summed E-state index contributed by atoms with van der Waals surface area (Å²) in [7, 11) is 0. The Hall–Kier alpha value is -3.36. The summed E-state index contributed by atoms with van der Waals surface area (Å²) in [6.45, 7) is 4.17. The molecule has 0 N–H and O–H groups in total. The molecular formula is C29H26F2. The minimum atomic E-state index is -0.283. The molecule has 0 nitrogen and oxygen atoms in total. The maximum atomic E-state index is 14.2. The van der Waals surface area contributed by atoms with E-state index in [0.29, 0.717) is 11.1 Å². The van der Waals surface area contributed by atoms with Gasteiger partial charge in [0.05, 0.1) is 5.56 Å². The summed E-state index contributed by atoms with van der Waals surface area (Å²) in [6, 6.07) is 17.8. The van der Waals surface area contributed by atoms with Crippen LogP contribution < -0.4 is 0 Å². The van der Waals surface area contributed by atoms with Crippen LogP contribution in [0.2, 0.25) is 0 Å². The van der Waals surface area contributed by atoms with Gasteiger partial charge >= 0.3 is 0 Å². The van der Waals surface area contributed by atoms with Crippen LogP contribution in [0.4, 0.5) is 8.78 Å². The van der Waals surface area contributed by atoms with Crippen molar-refractivity contribution >= 4 is 0 Å². The first-order valence-corrected chi connectivity index (χ1v) is 10.8. The molecule has 0 aliphatic carbocycles. The topological polar surface area (TPSA) is 0 Å². The third-order valence-electron chi connectivity index (χ3n) is 5.00. The van der Waals surface area contributed by atoms with Gasteiger partial charge in [-0.15, -0.1) is 0 Å². The highest BCUT2D eigenvalue weighted by Gasteiger charge is 2.02. The lowest BCUT2D eigenvalue weighted by Gasteiger charge is -2.02. The predicted octanol–water partition coefficient (Wildman–Crippen LogP) is 7.06. The van der Waals surface area contributed by atoms with E-state index in [9.17, 15) is 8.78 Å². The van der Waals surface area contributed by atoms with Crippen LogP contribution in [0.15, 0.2) is 60.7 Å². The molecule has 31 heavy (non-hydrogen) atoms. The van der Waals surface area contributed by atoms with Gasteiger partial charge in [-0.2, -0.15) is 0 Å². The van der Waals surface area contributed by atoms with E-state index in [0.717, 1.165) is 54.4 Å². The van der Waals surface area contributed by atoms with Gasteiger partial charge in [-0.1, -0.05) is 62.5 Å². The minimum Gasteiger partial charge on any atom is -0.207 e. The Morgan fingerprint density at radius 3 is 1.87 bits per heavy atom. The molecule has 3 aromatic rings. The Kier molecular flexibility index (Phi) is 8.03. The fraction of sp³-hybridized carbons (Fsp3) is 0.241. The lowest BCUT2D eigenvalue weighted by atomic mass is 10.1. The minimum absolute atomic E-state index is 0.194. The summed E-state index contributed by atoms with van der Waals surface area (Å²) < 4.78 is 28.3. The SMILES string of the molecule is CCCCc1ccc(C#Cc2ccc(C#Cc3ccc(CCC)cc3F)cc2)cc1F. The zero-order chi connectivity index (χ0) is 22.1. The maximum Gasteiger partial charge on any atom is 0.139 e. The fourth-order valence-corrected chi connectivity index (χ4v) is 3.22. The van der Waals surface area contributed by atoms with Crippen LogP contribution in [0.3, 0.4) is 0 Å². The van der Waals surface area contributed by atoms with E-state index in [1.807, 2.05) is 42.5 Å². The first-order chi connectivity index (χ1) is 15.1. The monoisotopic (exact) mass is 412 g/mol. The zero-order valence-electron chi connectivity index (χ0n) is 18.1. The Morgan fingerprint density at radius 1 is 0.613 bits per heavy atom. The number of unbranched alkanes of at least 4 members (excludes halogenated alkanes) is 1. The van der Waals surface area contributed by atoms with Crippen LogP contribution in [0.25, 0.3) is 0 Å². The standard InChI is InChI=1S/C29H26F2/c1-3-5-7-26-18-16-25(21-28(26)30)13-12-22-8-10-23(11-9-22)14-17-27-19-15-24(6-4-2)20-29(27)31/h8-11,15-16,18-21H,3-7H2,1-2H3. The number of hydrogen-bond donors (Lipinski definition) is 0. The molecule has 0 saturated heterocycles. The Balaban J connectivity index is 1.68. The Morgan fingerprint density at radius 2 is 1.26 bits per heavy atom. The van der Waals surface area contributed by atoms with E-state index in [1.54, 1.807) is 12.1 Å². The van der Waals surface area contributed by atoms with Gasteiger partial charge in [0, 0.05) is 16.7 Å². The Bertz CT molecular complexity index is 1150. The van der Waals surface area contributed by atoms with Gasteiger partial charge in [-0.05, 0) is 78.9 Å². The lowest BCUT2D eigenvalue weighted by molar-refractivity contribution is 0.603. The molecule has 0 saturated carbocycles. The lowest BCUT2D eigenvalue weighted by Crippen LogP contribution is -1.91. The number of hydrogen-bond acceptors (Lipinski definition) is 0. The molecule has 0 aliphatic heterocycles. The van der Waals surface area contributed by atoms with Crippen molar-refractivity contribution in [1.29, 1.82) is 0 Å². The summed E-state index contributed by atoms with van der Waals surface area (Å²) >= 11 is 0. The van der Waals surface area contributed by atoms with Gasteiger partial charge in [-0.3, -0.25) is 0 Å². The van der Waals surface area contributed by atoms with Crippen molar-refractivity contribution in [3.8, 4) is 23.7 Å². The van der Waals surface area contributed by atoms with Gasteiger partial charge in [0.2, 0.25) is 0 Å². The van der Waals surface area contributed by atoms with E-state index >= 15 is 0 Å². The summed E-state index contributed by atoms with van der Waals surface area (Å²) in [5.74, 6) is 11.5. The smallest absolute Gasteiger partial charge is 0.139 e. The highest BCUT2D eigenvalue weighted by Crippen LogP contribution is 2.14. The fourth-order valence-electron chi connectivity index (χ4n) is 3.22. The van der Waals surface area contributed by atoms with Crippen molar-refractivity contribution in [2.75, 3.05) is 0 Å². The summed E-state index contributed by atoms with van der Waals surface area (Å²) in [6.07, 6.45) is 4.63. The third-order valence-corrected chi connectivity index (χ3v) is 5.00. The van der Waals surface area contributed by atoms with Crippen LogP contribution in [0.5, 0.6) is 0 Å². The summed E-state index contributed by atoms with van der Waals surface area (Å²) in [5.41, 5.74) is 4.39. The molecule has 0 unspecified atom stereocenters. The normalized spacial score (nSPS) is 10.1. The van der Waals surface area contributed by atoms with Gasteiger partial charge in [-0.25, -0.2) is 8.78 Å². The van der Waals surface area contributed by atoms with Crippen LogP contribution in [0, 0.1) is 35.3 Å². The summed E-state index contributed by atoms with van der Waals surface area (Å²) in [4.78, 5) is 0. The van der Waals surface area contributed by atoms with Gasteiger partial charge in [0.1, 0.15) is 11.6 Å². The molecule has 2 heteroatoms. The second kappa shape index (κ2) is 11.1. The van der Waals surface area contributed by atoms with Gasteiger partial charge in [0.15, 0.2) is 0 Å². The molecule has 0 aliphatic rings. The van der Waals surface area contributed by atoms with Crippen molar-refractivity contribution < 1.29 is 8.78 Å². The first-order valence-electron chi connectivity index (χ1n) is 10.8. The number of aryl methyl sites for hydroxylation is 2. The molecule has 0 aromatic heterocycles. The van der Waals surface area contributed by atoms with Gasteiger partial charge < -0.3 is 0 Å². The van der Waals surface area contributed by atoms with Crippen LogP contribution in [-0.4, -0.2) is 0 Å². The largest absolute Gasteiger partial charge is 0.207 e. The van der Waals surface area contributed by atoms with E-state index in [4.69, 9.17) is 0 Å². The first kappa shape index (κ1) is 22.3. The number of halogens is 2. The van der Waals surface area contributed by atoms with E-state index in [2.05, 4.69) is 37.5 Å². The van der Waals surface area contributed by atoms with Crippen molar-refractivity contribution in [2.45, 2.75) is 46.0 Å². The van der Waals surface area contributed by atoms with Crippen molar-refractivity contribution in [3.05, 3.63) is 106 Å². The molecule has 3 aromatic carbocycles.